The fourth-order valence-corrected chi connectivity index (χ4v) is 1.22. The van der Waals surface area contributed by atoms with Crippen molar-refractivity contribution in [3.63, 3.8) is 0 Å². The van der Waals surface area contributed by atoms with Crippen molar-refractivity contribution in [2.45, 2.75) is 33.1 Å². The van der Waals surface area contributed by atoms with Gasteiger partial charge < -0.3 is 4.74 Å². The molecule has 0 atom stereocenters. The fourth-order valence-electron chi connectivity index (χ4n) is 1.22. The molecule has 1 heterocycles. The van der Waals surface area contributed by atoms with Crippen LogP contribution in [-0.4, -0.2) is 17.4 Å². The quantitative estimate of drug-likeness (QED) is 0.532. The summed E-state index contributed by atoms with van der Waals surface area (Å²) in [5.74, 6) is 0.712. The number of hydrogen-bond acceptors (Lipinski definition) is 3. The highest BCUT2D eigenvalue weighted by atomic mass is 16.5. The molecule has 1 aromatic heterocycles. The number of hydrogen-bond donors (Lipinski definition) is 0. The highest BCUT2D eigenvalue weighted by molar-refractivity contribution is 5.92. The molecule has 0 saturated heterocycles. The van der Waals surface area contributed by atoms with Crippen LogP contribution in [0.25, 0.3) is 0 Å². The molecule has 3 heteroatoms. The molecule has 0 unspecified atom stereocenters. The summed E-state index contributed by atoms with van der Waals surface area (Å²) in [4.78, 5) is 15.0. The molecule has 0 aliphatic carbocycles. The molecular formula is C12H17NO2. The normalized spacial score (nSPS) is 10.0. The molecular weight excluding hydrogens is 190 g/mol. The van der Waals surface area contributed by atoms with Crippen molar-refractivity contribution in [2.24, 2.45) is 0 Å². The molecule has 82 valence electrons. The third kappa shape index (κ3) is 4.11. The van der Waals surface area contributed by atoms with Crippen LogP contribution in [0.5, 0.6) is 5.75 Å². The van der Waals surface area contributed by atoms with Gasteiger partial charge in [0.05, 0.1) is 12.8 Å². The predicted molar refractivity (Wildman–Crippen MR) is 59.3 cm³/mol. The largest absolute Gasteiger partial charge is 0.492 e. The molecule has 0 saturated carbocycles. The number of pyridine rings is 1. The number of ketones is 1. The molecule has 0 aliphatic heterocycles. The van der Waals surface area contributed by atoms with Gasteiger partial charge in [-0.1, -0.05) is 19.8 Å². The average molecular weight is 207 g/mol. The highest BCUT2D eigenvalue weighted by Crippen LogP contribution is 2.10. The van der Waals surface area contributed by atoms with Crippen LogP contribution in [0.2, 0.25) is 0 Å². The second-order valence-corrected chi connectivity index (χ2v) is 3.49. The van der Waals surface area contributed by atoms with Crippen molar-refractivity contribution in [2.75, 3.05) is 6.61 Å². The Bertz CT molecular complexity index is 306. The van der Waals surface area contributed by atoms with Crippen molar-refractivity contribution in [1.82, 2.24) is 4.98 Å². The molecule has 0 amide bonds. The zero-order valence-corrected chi connectivity index (χ0v) is 9.32. The summed E-state index contributed by atoms with van der Waals surface area (Å²) in [6.07, 6.45) is 5.03. The summed E-state index contributed by atoms with van der Waals surface area (Å²) in [7, 11) is 0. The number of unbranched alkanes of at least 4 members (excludes halogenated alkanes) is 2. The van der Waals surface area contributed by atoms with Crippen molar-refractivity contribution < 1.29 is 9.53 Å². The van der Waals surface area contributed by atoms with Crippen molar-refractivity contribution in [1.29, 1.82) is 0 Å². The first-order valence-corrected chi connectivity index (χ1v) is 5.34. The van der Waals surface area contributed by atoms with Crippen molar-refractivity contribution in [3.8, 4) is 5.75 Å². The van der Waals surface area contributed by atoms with E-state index in [0.29, 0.717) is 5.69 Å². The molecule has 1 aromatic rings. The fraction of sp³-hybridized carbons (Fsp3) is 0.500. The van der Waals surface area contributed by atoms with E-state index in [4.69, 9.17) is 4.74 Å². The minimum Gasteiger partial charge on any atom is -0.492 e. The smallest absolute Gasteiger partial charge is 0.178 e. The van der Waals surface area contributed by atoms with E-state index in [1.165, 1.54) is 19.8 Å². The first kappa shape index (κ1) is 11.7. The van der Waals surface area contributed by atoms with Gasteiger partial charge in [0, 0.05) is 6.92 Å². The lowest BCUT2D eigenvalue weighted by Crippen LogP contribution is -2.00. The van der Waals surface area contributed by atoms with E-state index in [0.717, 1.165) is 18.8 Å². The summed E-state index contributed by atoms with van der Waals surface area (Å²) in [5.41, 5.74) is 0.482. The Balaban J connectivity index is 2.39. The Hall–Kier alpha value is -1.38. The van der Waals surface area contributed by atoms with E-state index in [1.807, 2.05) is 0 Å². The number of Topliss-reactive ketones (excluding diaryl/α,β-unsaturated/α-hetero) is 1. The van der Waals surface area contributed by atoms with Gasteiger partial charge in [0.1, 0.15) is 11.4 Å². The van der Waals surface area contributed by atoms with Gasteiger partial charge in [0.25, 0.3) is 0 Å². The number of nitrogens with zero attached hydrogens (tertiary/aromatic N) is 1. The number of rotatable bonds is 6. The maximum Gasteiger partial charge on any atom is 0.178 e. The molecule has 0 aromatic carbocycles. The van der Waals surface area contributed by atoms with Crippen LogP contribution in [0.3, 0.4) is 0 Å². The maximum atomic E-state index is 11.0. The minimum absolute atomic E-state index is 0.0208. The van der Waals surface area contributed by atoms with Gasteiger partial charge in [-0.15, -0.1) is 0 Å². The third-order valence-electron chi connectivity index (χ3n) is 2.11. The summed E-state index contributed by atoms with van der Waals surface area (Å²) < 4.78 is 5.47. The topological polar surface area (TPSA) is 39.2 Å². The predicted octanol–water partition coefficient (Wildman–Crippen LogP) is 2.85. The molecule has 0 bridgehead atoms. The van der Waals surface area contributed by atoms with Crippen LogP contribution < -0.4 is 4.74 Å². The van der Waals surface area contributed by atoms with E-state index in [9.17, 15) is 4.79 Å². The second-order valence-electron chi connectivity index (χ2n) is 3.49. The zero-order valence-electron chi connectivity index (χ0n) is 9.32. The van der Waals surface area contributed by atoms with Gasteiger partial charge >= 0.3 is 0 Å². The summed E-state index contributed by atoms with van der Waals surface area (Å²) in [6.45, 7) is 4.38. The summed E-state index contributed by atoms with van der Waals surface area (Å²) in [5, 5.41) is 0. The SMILES string of the molecule is CCCCCOc1ccc(C(C)=O)nc1. The van der Waals surface area contributed by atoms with Gasteiger partial charge in [-0.25, -0.2) is 4.98 Å². The average Bonchev–Trinajstić information content (AvgIpc) is 2.25. The van der Waals surface area contributed by atoms with E-state index < -0.39 is 0 Å². The Morgan fingerprint density at radius 3 is 2.73 bits per heavy atom. The summed E-state index contributed by atoms with van der Waals surface area (Å²) >= 11 is 0. The maximum absolute atomic E-state index is 11.0. The van der Waals surface area contributed by atoms with Gasteiger partial charge in [-0.05, 0) is 18.6 Å². The standard InChI is InChI=1S/C12H17NO2/c1-3-4-5-8-15-11-6-7-12(10(2)14)13-9-11/h6-7,9H,3-5,8H2,1-2H3. The lowest BCUT2D eigenvalue weighted by atomic mass is 10.2. The molecule has 0 radical (unpaired) electrons. The van der Waals surface area contributed by atoms with Gasteiger partial charge in [0.2, 0.25) is 0 Å². The molecule has 0 N–H and O–H groups in total. The van der Waals surface area contributed by atoms with Crippen LogP contribution in [-0.2, 0) is 0 Å². The van der Waals surface area contributed by atoms with Crippen LogP contribution in [0, 0.1) is 0 Å². The second kappa shape index (κ2) is 6.17. The monoisotopic (exact) mass is 207 g/mol. The van der Waals surface area contributed by atoms with Crippen LogP contribution in [0.1, 0.15) is 43.6 Å². The van der Waals surface area contributed by atoms with Crippen LogP contribution in [0.4, 0.5) is 0 Å². The van der Waals surface area contributed by atoms with Crippen molar-refractivity contribution >= 4 is 5.78 Å². The number of carbonyl (C=O) groups is 1. The van der Waals surface area contributed by atoms with E-state index in [2.05, 4.69) is 11.9 Å². The number of aromatic nitrogens is 1. The highest BCUT2D eigenvalue weighted by Gasteiger charge is 2.00. The summed E-state index contributed by atoms with van der Waals surface area (Å²) in [6, 6.07) is 3.48. The number of carbonyl (C=O) groups excluding carboxylic acids is 1. The van der Waals surface area contributed by atoms with Crippen molar-refractivity contribution in [3.05, 3.63) is 24.0 Å². The molecule has 1 rings (SSSR count). The van der Waals surface area contributed by atoms with Gasteiger partial charge in [-0.3, -0.25) is 4.79 Å². The minimum atomic E-state index is -0.0208. The molecule has 0 aliphatic rings. The Labute approximate surface area is 90.5 Å². The molecule has 3 nitrogen and oxygen atoms in total. The number of ether oxygens (including phenoxy) is 1. The molecule has 15 heavy (non-hydrogen) atoms. The van der Waals surface area contributed by atoms with Gasteiger partial charge in [-0.2, -0.15) is 0 Å². The van der Waals surface area contributed by atoms with E-state index in [1.54, 1.807) is 18.3 Å². The first-order chi connectivity index (χ1) is 7.24. The lowest BCUT2D eigenvalue weighted by molar-refractivity contribution is 0.101. The Morgan fingerprint density at radius 1 is 1.40 bits per heavy atom. The first-order valence-electron chi connectivity index (χ1n) is 5.34. The zero-order chi connectivity index (χ0) is 11.1. The van der Waals surface area contributed by atoms with E-state index in [-0.39, 0.29) is 5.78 Å². The molecule has 0 spiro atoms. The third-order valence-corrected chi connectivity index (χ3v) is 2.11. The lowest BCUT2D eigenvalue weighted by Gasteiger charge is -2.05. The van der Waals surface area contributed by atoms with Gasteiger partial charge in [0.15, 0.2) is 5.78 Å². The Kier molecular flexibility index (Phi) is 4.81. The van der Waals surface area contributed by atoms with Crippen LogP contribution in [0.15, 0.2) is 18.3 Å². The Morgan fingerprint density at radius 2 is 2.20 bits per heavy atom. The molecule has 0 fully saturated rings. The van der Waals surface area contributed by atoms with Crippen LogP contribution >= 0.6 is 0 Å². The van der Waals surface area contributed by atoms with E-state index >= 15 is 0 Å².